The minimum absolute atomic E-state index is 0.113. The Morgan fingerprint density at radius 1 is 1.70 bits per heavy atom. The van der Waals surface area contributed by atoms with E-state index in [0.29, 0.717) is 0 Å². The summed E-state index contributed by atoms with van der Waals surface area (Å²) in [5.74, 6) is 0.985. The van der Waals surface area contributed by atoms with Crippen molar-refractivity contribution in [2.24, 2.45) is 5.73 Å². The predicted molar refractivity (Wildman–Crippen MR) is 36.4 cm³/mol. The van der Waals surface area contributed by atoms with Crippen LogP contribution >= 0.6 is 0 Å². The molecule has 0 amide bonds. The zero-order valence-corrected chi connectivity index (χ0v) is 5.71. The zero-order chi connectivity index (χ0) is 6.97. The lowest BCUT2D eigenvalue weighted by atomic mass is 9.98. The Labute approximate surface area is 59.2 Å². The average molecular weight is 138 g/mol. The first kappa shape index (κ1) is 5.92. The van der Waals surface area contributed by atoms with Gasteiger partial charge in [0, 0.05) is 6.42 Å². The van der Waals surface area contributed by atoms with E-state index >= 15 is 0 Å². The van der Waals surface area contributed by atoms with Gasteiger partial charge in [-0.25, -0.2) is 4.98 Å². The standard InChI is InChI=1S/C7H10N2O/c8-5-2-1-3-6-7(5)9-4-10-6/h4-5H,1-3,8H2. The Morgan fingerprint density at radius 3 is 3.40 bits per heavy atom. The minimum Gasteiger partial charge on any atom is -0.448 e. The molecule has 1 unspecified atom stereocenters. The van der Waals surface area contributed by atoms with E-state index in [9.17, 15) is 0 Å². The van der Waals surface area contributed by atoms with Gasteiger partial charge in [0.25, 0.3) is 0 Å². The van der Waals surface area contributed by atoms with Crippen molar-refractivity contribution < 1.29 is 4.42 Å². The fourth-order valence-corrected chi connectivity index (χ4v) is 1.39. The summed E-state index contributed by atoms with van der Waals surface area (Å²) in [7, 11) is 0. The number of nitrogens with zero attached hydrogens (tertiary/aromatic N) is 1. The topological polar surface area (TPSA) is 52.0 Å². The molecule has 1 aromatic heterocycles. The summed E-state index contributed by atoms with van der Waals surface area (Å²) in [6, 6.07) is 0.113. The normalized spacial score (nSPS) is 24.3. The molecule has 2 N–H and O–H groups in total. The summed E-state index contributed by atoms with van der Waals surface area (Å²) >= 11 is 0. The molecule has 54 valence electrons. The second-order valence-electron chi connectivity index (χ2n) is 2.66. The van der Waals surface area contributed by atoms with Crippen molar-refractivity contribution in [1.82, 2.24) is 4.98 Å². The third-order valence-corrected chi connectivity index (χ3v) is 1.94. The monoisotopic (exact) mass is 138 g/mol. The van der Waals surface area contributed by atoms with Crippen molar-refractivity contribution in [3.63, 3.8) is 0 Å². The molecule has 0 aliphatic heterocycles. The van der Waals surface area contributed by atoms with Gasteiger partial charge in [0.05, 0.1) is 11.7 Å². The highest BCUT2D eigenvalue weighted by molar-refractivity contribution is 5.14. The summed E-state index contributed by atoms with van der Waals surface area (Å²) in [6.07, 6.45) is 4.65. The first-order valence-electron chi connectivity index (χ1n) is 3.56. The lowest BCUT2D eigenvalue weighted by molar-refractivity contribution is 0.453. The number of aromatic nitrogens is 1. The van der Waals surface area contributed by atoms with Crippen LogP contribution in [0.15, 0.2) is 10.8 Å². The van der Waals surface area contributed by atoms with Gasteiger partial charge in [0.1, 0.15) is 5.76 Å². The molecular weight excluding hydrogens is 128 g/mol. The van der Waals surface area contributed by atoms with Gasteiger partial charge in [-0.1, -0.05) is 0 Å². The summed E-state index contributed by atoms with van der Waals surface area (Å²) in [4.78, 5) is 4.05. The molecule has 10 heavy (non-hydrogen) atoms. The van der Waals surface area contributed by atoms with Crippen molar-refractivity contribution in [3.05, 3.63) is 17.8 Å². The van der Waals surface area contributed by atoms with Gasteiger partial charge < -0.3 is 10.2 Å². The Hall–Kier alpha value is -0.830. The van der Waals surface area contributed by atoms with Crippen LogP contribution in [0.2, 0.25) is 0 Å². The van der Waals surface area contributed by atoms with E-state index in [2.05, 4.69) is 4.98 Å². The largest absolute Gasteiger partial charge is 0.448 e. The molecule has 1 aromatic rings. The van der Waals surface area contributed by atoms with E-state index in [4.69, 9.17) is 10.2 Å². The van der Waals surface area contributed by atoms with Crippen molar-refractivity contribution in [1.29, 1.82) is 0 Å². The van der Waals surface area contributed by atoms with Gasteiger partial charge in [-0.15, -0.1) is 0 Å². The third-order valence-electron chi connectivity index (χ3n) is 1.94. The molecule has 0 radical (unpaired) electrons. The molecule has 2 rings (SSSR count). The van der Waals surface area contributed by atoms with Crippen molar-refractivity contribution in [2.75, 3.05) is 0 Å². The van der Waals surface area contributed by atoms with Gasteiger partial charge >= 0.3 is 0 Å². The molecule has 1 atom stereocenters. The number of nitrogens with two attached hydrogens (primary N) is 1. The highest BCUT2D eigenvalue weighted by Crippen LogP contribution is 2.25. The first-order chi connectivity index (χ1) is 4.88. The molecule has 1 aliphatic carbocycles. The maximum Gasteiger partial charge on any atom is 0.181 e. The molecule has 3 nitrogen and oxygen atoms in total. The Bertz CT molecular complexity index is 231. The van der Waals surface area contributed by atoms with Crippen LogP contribution in [0, 0.1) is 0 Å². The van der Waals surface area contributed by atoms with Gasteiger partial charge in [-0.2, -0.15) is 0 Å². The van der Waals surface area contributed by atoms with Crippen LogP contribution in [0.3, 0.4) is 0 Å². The van der Waals surface area contributed by atoms with Crippen LogP contribution < -0.4 is 5.73 Å². The van der Waals surface area contributed by atoms with E-state index in [1.807, 2.05) is 0 Å². The molecule has 1 aliphatic rings. The average Bonchev–Trinajstić information content (AvgIpc) is 2.36. The van der Waals surface area contributed by atoms with Gasteiger partial charge in [-0.05, 0) is 12.8 Å². The number of hydrogen-bond donors (Lipinski definition) is 1. The fraction of sp³-hybridized carbons (Fsp3) is 0.571. The lowest BCUT2D eigenvalue weighted by Gasteiger charge is -2.14. The summed E-state index contributed by atoms with van der Waals surface area (Å²) in [5, 5.41) is 0. The second-order valence-corrected chi connectivity index (χ2v) is 2.66. The van der Waals surface area contributed by atoms with Crippen LogP contribution in [0.1, 0.15) is 30.3 Å². The van der Waals surface area contributed by atoms with Crippen molar-refractivity contribution >= 4 is 0 Å². The smallest absolute Gasteiger partial charge is 0.181 e. The number of fused-ring (bicyclic) bond motifs is 1. The SMILES string of the molecule is NC1CCCc2ocnc21. The highest BCUT2D eigenvalue weighted by Gasteiger charge is 2.20. The number of aryl methyl sites for hydroxylation is 1. The predicted octanol–water partition coefficient (Wildman–Crippen LogP) is 1.01. The molecule has 1 heterocycles. The fourth-order valence-electron chi connectivity index (χ4n) is 1.39. The number of rotatable bonds is 0. The van der Waals surface area contributed by atoms with Crippen LogP contribution in [0.5, 0.6) is 0 Å². The van der Waals surface area contributed by atoms with Crippen molar-refractivity contribution in [3.8, 4) is 0 Å². The summed E-state index contributed by atoms with van der Waals surface area (Å²) in [6.45, 7) is 0. The quantitative estimate of drug-likeness (QED) is 0.582. The molecular formula is C7H10N2O. The maximum atomic E-state index is 5.77. The van der Waals surface area contributed by atoms with E-state index in [1.165, 1.54) is 6.39 Å². The Kier molecular flexibility index (Phi) is 1.24. The Balaban J connectivity index is 2.41. The van der Waals surface area contributed by atoms with E-state index in [-0.39, 0.29) is 6.04 Å². The lowest BCUT2D eigenvalue weighted by Crippen LogP contribution is -2.16. The minimum atomic E-state index is 0.113. The second kappa shape index (κ2) is 2.09. The highest BCUT2D eigenvalue weighted by atomic mass is 16.3. The van der Waals surface area contributed by atoms with Crippen molar-refractivity contribution in [2.45, 2.75) is 25.3 Å². The molecule has 0 saturated carbocycles. The number of hydrogen-bond acceptors (Lipinski definition) is 3. The molecule has 0 bridgehead atoms. The molecule has 0 aromatic carbocycles. The van der Waals surface area contributed by atoms with Crippen LogP contribution in [0.4, 0.5) is 0 Å². The first-order valence-corrected chi connectivity index (χ1v) is 3.56. The van der Waals surface area contributed by atoms with Gasteiger partial charge in [0.15, 0.2) is 6.39 Å². The molecule has 0 spiro atoms. The summed E-state index contributed by atoms with van der Waals surface area (Å²) in [5.41, 5.74) is 6.73. The Morgan fingerprint density at radius 2 is 2.60 bits per heavy atom. The van der Waals surface area contributed by atoms with Crippen LogP contribution in [-0.2, 0) is 6.42 Å². The number of oxazole rings is 1. The molecule has 0 fully saturated rings. The third kappa shape index (κ3) is 0.743. The van der Waals surface area contributed by atoms with Crippen LogP contribution in [-0.4, -0.2) is 4.98 Å². The van der Waals surface area contributed by atoms with Crippen LogP contribution in [0.25, 0.3) is 0 Å². The van der Waals surface area contributed by atoms with E-state index < -0.39 is 0 Å². The molecule has 0 saturated heterocycles. The van der Waals surface area contributed by atoms with Gasteiger partial charge in [-0.3, -0.25) is 0 Å². The van der Waals surface area contributed by atoms with E-state index in [0.717, 1.165) is 30.7 Å². The van der Waals surface area contributed by atoms with E-state index in [1.54, 1.807) is 0 Å². The summed E-state index contributed by atoms with van der Waals surface area (Å²) < 4.78 is 5.14. The maximum absolute atomic E-state index is 5.77. The van der Waals surface area contributed by atoms with Gasteiger partial charge in [0.2, 0.25) is 0 Å². The zero-order valence-electron chi connectivity index (χ0n) is 5.71. The molecule has 3 heteroatoms.